The Morgan fingerprint density at radius 3 is 2.44 bits per heavy atom. The fourth-order valence-electron chi connectivity index (χ4n) is 2.88. The SMILES string of the molecule is CCN(c1ccc(NC(=O)c2sc(-c3ncccn3)nc2C)cc1)C(C)C. The van der Waals surface area contributed by atoms with Crippen LogP contribution < -0.4 is 10.2 Å². The molecule has 6 nitrogen and oxygen atoms in total. The molecule has 0 bridgehead atoms. The summed E-state index contributed by atoms with van der Waals surface area (Å²) in [6, 6.07) is 10.1. The number of amides is 1. The van der Waals surface area contributed by atoms with Crippen molar-refractivity contribution in [1.82, 2.24) is 15.0 Å². The number of aromatic nitrogens is 3. The minimum absolute atomic E-state index is 0.170. The molecule has 0 aliphatic heterocycles. The third-order valence-electron chi connectivity index (χ3n) is 4.18. The lowest BCUT2D eigenvalue weighted by atomic mass is 10.2. The zero-order chi connectivity index (χ0) is 19.4. The molecule has 140 valence electrons. The van der Waals surface area contributed by atoms with E-state index in [1.54, 1.807) is 18.5 Å². The van der Waals surface area contributed by atoms with Gasteiger partial charge in [-0.2, -0.15) is 0 Å². The Morgan fingerprint density at radius 1 is 1.19 bits per heavy atom. The topological polar surface area (TPSA) is 71.0 Å². The molecule has 0 saturated carbocycles. The summed E-state index contributed by atoms with van der Waals surface area (Å²) in [5.74, 6) is 0.360. The Kier molecular flexibility index (Phi) is 5.81. The van der Waals surface area contributed by atoms with Gasteiger partial charge in [0.15, 0.2) is 10.8 Å². The monoisotopic (exact) mass is 381 g/mol. The predicted molar refractivity (Wildman–Crippen MR) is 110 cm³/mol. The van der Waals surface area contributed by atoms with E-state index >= 15 is 0 Å². The van der Waals surface area contributed by atoms with E-state index in [0.29, 0.717) is 27.4 Å². The summed E-state index contributed by atoms with van der Waals surface area (Å²) in [5, 5.41) is 3.59. The first-order chi connectivity index (χ1) is 13.0. The Hall–Kier alpha value is -2.80. The molecule has 0 atom stereocenters. The Balaban J connectivity index is 1.75. The van der Waals surface area contributed by atoms with Crippen molar-refractivity contribution in [2.75, 3.05) is 16.8 Å². The molecule has 7 heteroatoms. The molecule has 2 heterocycles. The van der Waals surface area contributed by atoms with Gasteiger partial charge in [0, 0.05) is 36.4 Å². The number of anilines is 2. The van der Waals surface area contributed by atoms with E-state index in [4.69, 9.17) is 0 Å². The molecule has 2 aromatic heterocycles. The minimum Gasteiger partial charge on any atom is -0.369 e. The first kappa shape index (κ1) is 19.0. The standard InChI is InChI=1S/C20H23N5OS/c1-5-25(13(2)3)16-9-7-15(8-10-16)24-19(26)17-14(4)23-20(27-17)18-21-11-6-12-22-18/h6-13H,5H2,1-4H3,(H,24,26). The predicted octanol–water partition coefficient (Wildman–Crippen LogP) is 4.40. The maximum Gasteiger partial charge on any atom is 0.267 e. The zero-order valence-electron chi connectivity index (χ0n) is 15.9. The van der Waals surface area contributed by atoms with Crippen LogP contribution >= 0.6 is 11.3 Å². The molecule has 3 aromatic rings. The van der Waals surface area contributed by atoms with Gasteiger partial charge >= 0.3 is 0 Å². The summed E-state index contributed by atoms with van der Waals surface area (Å²) in [6.07, 6.45) is 3.33. The van der Waals surface area contributed by atoms with Gasteiger partial charge in [-0.05, 0) is 58.0 Å². The molecule has 0 saturated heterocycles. The number of nitrogens with zero attached hydrogens (tertiary/aromatic N) is 4. The van der Waals surface area contributed by atoms with Gasteiger partial charge in [0.1, 0.15) is 4.88 Å². The number of thiazole rings is 1. The van der Waals surface area contributed by atoms with E-state index in [9.17, 15) is 4.79 Å². The van der Waals surface area contributed by atoms with Crippen molar-refractivity contribution in [3.63, 3.8) is 0 Å². The number of carbonyl (C=O) groups excluding carboxylic acids is 1. The van der Waals surface area contributed by atoms with Gasteiger partial charge in [0.25, 0.3) is 5.91 Å². The maximum absolute atomic E-state index is 12.7. The van der Waals surface area contributed by atoms with E-state index < -0.39 is 0 Å². The van der Waals surface area contributed by atoms with Crippen molar-refractivity contribution in [2.24, 2.45) is 0 Å². The molecule has 1 N–H and O–H groups in total. The third kappa shape index (κ3) is 4.31. The normalized spacial score (nSPS) is 10.9. The molecule has 1 amide bonds. The summed E-state index contributed by atoms with van der Waals surface area (Å²) >= 11 is 1.30. The van der Waals surface area contributed by atoms with Crippen molar-refractivity contribution in [3.8, 4) is 10.8 Å². The second-order valence-electron chi connectivity index (χ2n) is 6.39. The summed E-state index contributed by atoms with van der Waals surface area (Å²) < 4.78 is 0. The highest BCUT2D eigenvalue weighted by atomic mass is 32.1. The van der Waals surface area contributed by atoms with Crippen molar-refractivity contribution in [3.05, 3.63) is 53.3 Å². The smallest absolute Gasteiger partial charge is 0.267 e. The average molecular weight is 382 g/mol. The summed E-state index contributed by atoms with van der Waals surface area (Å²) in [7, 11) is 0. The molecular weight excluding hydrogens is 358 g/mol. The summed E-state index contributed by atoms with van der Waals surface area (Å²) in [5.41, 5.74) is 2.57. The first-order valence-electron chi connectivity index (χ1n) is 8.92. The second-order valence-corrected chi connectivity index (χ2v) is 7.39. The van der Waals surface area contributed by atoms with Gasteiger partial charge in [-0.25, -0.2) is 15.0 Å². The molecule has 27 heavy (non-hydrogen) atoms. The number of nitrogens with one attached hydrogen (secondary N) is 1. The number of carbonyl (C=O) groups is 1. The molecular formula is C20H23N5OS. The third-order valence-corrected chi connectivity index (χ3v) is 5.33. The number of benzene rings is 1. The van der Waals surface area contributed by atoms with E-state index in [2.05, 4.69) is 45.9 Å². The van der Waals surface area contributed by atoms with Crippen LogP contribution in [0.25, 0.3) is 10.8 Å². The van der Waals surface area contributed by atoms with Crippen LogP contribution in [0.1, 0.15) is 36.1 Å². The van der Waals surface area contributed by atoms with Crippen LogP contribution in [-0.2, 0) is 0 Å². The molecule has 0 radical (unpaired) electrons. The molecule has 0 unspecified atom stereocenters. The van der Waals surface area contributed by atoms with Gasteiger partial charge in [0.05, 0.1) is 5.69 Å². The van der Waals surface area contributed by atoms with Crippen LogP contribution in [0.4, 0.5) is 11.4 Å². The minimum atomic E-state index is -0.170. The quantitative estimate of drug-likeness (QED) is 0.685. The zero-order valence-corrected chi connectivity index (χ0v) is 16.7. The maximum atomic E-state index is 12.7. The molecule has 1 aromatic carbocycles. The van der Waals surface area contributed by atoms with Crippen LogP contribution in [0.3, 0.4) is 0 Å². The van der Waals surface area contributed by atoms with Crippen molar-refractivity contribution >= 4 is 28.6 Å². The number of aryl methyl sites for hydroxylation is 1. The second kappa shape index (κ2) is 8.26. The largest absolute Gasteiger partial charge is 0.369 e. The van der Waals surface area contributed by atoms with Crippen LogP contribution in [-0.4, -0.2) is 33.4 Å². The van der Waals surface area contributed by atoms with Crippen molar-refractivity contribution < 1.29 is 4.79 Å². The lowest BCUT2D eigenvalue weighted by Gasteiger charge is -2.27. The highest BCUT2D eigenvalue weighted by Crippen LogP contribution is 2.26. The lowest BCUT2D eigenvalue weighted by molar-refractivity contribution is 0.103. The fraction of sp³-hybridized carbons (Fsp3) is 0.300. The average Bonchev–Trinajstić information content (AvgIpc) is 3.06. The van der Waals surface area contributed by atoms with Gasteiger partial charge < -0.3 is 10.2 Å². The van der Waals surface area contributed by atoms with E-state index in [-0.39, 0.29) is 5.91 Å². The first-order valence-corrected chi connectivity index (χ1v) is 9.74. The van der Waals surface area contributed by atoms with Crippen molar-refractivity contribution in [2.45, 2.75) is 33.7 Å². The van der Waals surface area contributed by atoms with Crippen molar-refractivity contribution in [1.29, 1.82) is 0 Å². The Bertz CT molecular complexity index is 906. The van der Waals surface area contributed by atoms with Crippen LogP contribution in [0.5, 0.6) is 0 Å². The van der Waals surface area contributed by atoms with Gasteiger partial charge in [-0.3, -0.25) is 4.79 Å². The molecule has 0 aliphatic rings. The van der Waals surface area contributed by atoms with Gasteiger partial charge in [-0.1, -0.05) is 0 Å². The molecule has 0 spiro atoms. The van der Waals surface area contributed by atoms with Crippen LogP contribution in [0, 0.1) is 6.92 Å². The summed E-state index contributed by atoms with van der Waals surface area (Å²) in [4.78, 5) is 28.4. The number of rotatable bonds is 6. The Morgan fingerprint density at radius 2 is 1.85 bits per heavy atom. The number of hydrogen-bond donors (Lipinski definition) is 1. The van der Waals surface area contributed by atoms with E-state index in [0.717, 1.165) is 17.9 Å². The fourth-order valence-corrected chi connectivity index (χ4v) is 3.79. The molecule has 0 aliphatic carbocycles. The molecule has 0 fully saturated rings. The van der Waals surface area contributed by atoms with Crippen LogP contribution in [0.2, 0.25) is 0 Å². The Labute approximate surface area is 163 Å². The van der Waals surface area contributed by atoms with Gasteiger partial charge in [-0.15, -0.1) is 11.3 Å². The highest BCUT2D eigenvalue weighted by molar-refractivity contribution is 7.17. The van der Waals surface area contributed by atoms with Gasteiger partial charge in [0.2, 0.25) is 0 Å². The van der Waals surface area contributed by atoms with E-state index in [1.807, 2.05) is 31.2 Å². The lowest BCUT2D eigenvalue weighted by Crippen LogP contribution is -2.30. The highest BCUT2D eigenvalue weighted by Gasteiger charge is 2.18. The van der Waals surface area contributed by atoms with Crippen LogP contribution in [0.15, 0.2) is 42.7 Å². The molecule has 3 rings (SSSR count). The number of hydrogen-bond acceptors (Lipinski definition) is 6. The summed E-state index contributed by atoms with van der Waals surface area (Å²) in [6.45, 7) is 9.23. The van der Waals surface area contributed by atoms with E-state index in [1.165, 1.54) is 11.3 Å².